The molecule has 1 N–H and O–H groups in total. The molecule has 0 aliphatic heterocycles. The second-order valence-corrected chi connectivity index (χ2v) is 6.94. The van der Waals surface area contributed by atoms with Crippen LogP contribution >= 0.6 is 23.8 Å². The number of aromatic nitrogens is 1. The maximum absolute atomic E-state index is 6.30. The number of pyridine rings is 1. The van der Waals surface area contributed by atoms with Crippen LogP contribution in [0, 0.1) is 13.8 Å². The fourth-order valence-electron chi connectivity index (χ4n) is 2.60. The molecule has 0 saturated heterocycles. The Bertz CT molecular complexity index is 895. The highest BCUT2D eigenvalue weighted by atomic mass is 35.5. The average Bonchev–Trinajstić information content (AvgIpc) is 3.03. The lowest BCUT2D eigenvalue weighted by molar-refractivity contribution is 0.354. The molecule has 134 valence electrons. The minimum Gasteiger partial charge on any atom is -0.464 e. The molecule has 0 saturated carbocycles. The molecule has 0 atom stereocenters. The van der Waals surface area contributed by atoms with Crippen molar-refractivity contribution in [3.63, 3.8) is 0 Å². The van der Waals surface area contributed by atoms with E-state index in [1.165, 1.54) is 0 Å². The molecular formula is C20H20ClN3OS. The van der Waals surface area contributed by atoms with Crippen molar-refractivity contribution in [2.75, 3.05) is 5.32 Å². The molecule has 0 spiro atoms. The van der Waals surface area contributed by atoms with Crippen molar-refractivity contribution in [1.82, 2.24) is 9.88 Å². The van der Waals surface area contributed by atoms with Gasteiger partial charge >= 0.3 is 0 Å². The number of benzene rings is 1. The van der Waals surface area contributed by atoms with Crippen molar-refractivity contribution >= 4 is 34.6 Å². The number of halogens is 1. The molecule has 0 aliphatic carbocycles. The normalized spacial score (nSPS) is 10.6. The van der Waals surface area contributed by atoms with Crippen molar-refractivity contribution in [3.05, 3.63) is 82.5 Å². The number of thiocarbonyl (C=S) groups is 1. The van der Waals surface area contributed by atoms with Crippen LogP contribution in [-0.4, -0.2) is 15.0 Å². The minimum atomic E-state index is 0.554. The van der Waals surface area contributed by atoms with E-state index in [0.29, 0.717) is 23.2 Å². The molecule has 0 radical (unpaired) electrons. The monoisotopic (exact) mass is 385 g/mol. The van der Waals surface area contributed by atoms with E-state index in [1.54, 1.807) is 6.20 Å². The number of hydrogen-bond donors (Lipinski definition) is 1. The summed E-state index contributed by atoms with van der Waals surface area (Å²) in [5, 5.41) is 4.47. The Morgan fingerprint density at radius 1 is 1.19 bits per heavy atom. The number of rotatable bonds is 5. The molecule has 2 aromatic heterocycles. The summed E-state index contributed by atoms with van der Waals surface area (Å²) in [4.78, 5) is 6.21. The van der Waals surface area contributed by atoms with E-state index in [2.05, 4.69) is 10.3 Å². The third kappa shape index (κ3) is 4.84. The Kier molecular flexibility index (Phi) is 5.91. The lowest BCUT2D eigenvalue weighted by Crippen LogP contribution is -2.33. The van der Waals surface area contributed by atoms with Crippen LogP contribution in [0.3, 0.4) is 0 Å². The van der Waals surface area contributed by atoms with Gasteiger partial charge in [-0.2, -0.15) is 0 Å². The summed E-state index contributed by atoms with van der Waals surface area (Å²) in [5.74, 6) is 1.73. The van der Waals surface area contributed by atoms with E-state index in [1.807, 2.05) is 67.4 Å². The number of furan rings is 1. The van der Waals surface area contributed by atoms with Gasteiger partial charge in [0.2, 0.25) is 0 Å². The van der Waals surface area contributed by atoms with Crippen molar-refractivity contribution in [1.29, 1.82) is 0 Å². The first-order chi connectivity index (χ1) is 12.5. The number of aryl methyl sites for hydroxylation is 2. The summed E-state index contributed by atoms with van der Waals surface area (Å²) < 4.78 is 5.72. The first-order valence-electron chi connectivity index (χ1n) is 8.27. The second-order valence-electron chi connectivity index (χ2n) is 6.14. The quantitative estimate of drug-likeness (QED) is 0.600. The Labute approximate surface area is 163 Å². The van der Waals surface area contributed by atoms with E-state index in [4.69, 9.17) is 28.2 Å². The number of nitrogens with zero attached hydrogens (tertiary/aromatic N) is 2. The highest BCUT2D eigenvalue weighted by Crippen LogP contribution is 2.24. The predicted octanol–water partition coefficient (Wildman–Crippen LogP) is 5.34. The van der Waals surface area contributed by atoms with Crippen molar-refractivity contribution in [3.8, 4) is 0 Å². The van der Waals surface area contributed by atoms with Gasteiger partial charge in [0, 0.05) is 18.9 Å². The van der Waals surface area contributed by atoms with Crippen LogP contribution in [0.2, 0.25) is 5.02 Å². The Morgan fingerprint density at radius 3 is 2.73 bits per heavy atom. The van der Waals surface area contributed by atoms with Gasteiger partial charge in [-0.3, -0.25) is 4.98 Å². The van der Waals surface area contributed by atoms with Crippen molar-refractivity contribution in [2.24, 2.45) is 0 Å². The van der Waals surface area contributed by atoms with E-state index in [0.717, 1.165) is 28.3 Å². The summed E-state index contributed by atoms with van der Waals surface area (Å²) in [6, 6.07) is 13.7. The van der Waals surface area contributed by atoms with Crippen LogP contribution in [0.15, 0.2) is 59.3 Å². The molecule has 2 heterocycles. The molecule has 0 bridgehead atoms. The first-order valence-corrected chi connectivity index (χ1v) is 9.06. The summed E-state index contributed by atoms with van der Waals surface area (Å²) in [6.07, 6.45) is 3.59. The van der Waals surface area contributed by atoms with Crippen LogP contribution in [0.1, 0.15) is 22.6 Å². The van der Waals surface area contributed by atoms with E-state index in [9.17, 15) is 0 Å². The van der Waals surface area contributed by atoms with Crippen molar-refractivity contribution in [2.45, 2.75) is 26.9 Å². The third-order valence-electron chi connectivity index (χ3n) is 3.89. The van der Waals surface area contributed by atoms with Gasteiger partial charge in [-0.1, -0.05) is 23.7 Å². The smallest absolute Gasteiger partial charge is 0.174 e. The Morgan fingerprint density at radius 2 is 2.04 bits per heavy atom. The standard InChI is InChI=1S/C20H20ClN3OS/c1-14-5-8-18(21)19(10-14)23-20(26)24(12-16-4-3-9-22-11-16)13-17-7-6-15(2)25-17/h3-11H,12-13H2,1-2H3,(H,23,26). The number of anilines is 1. The molecular weight excluding hydrogens is 366 g/mol. The van der Waals surface area contributed by atoms with Crippen LogP contribution < -0.4 is 5.32 Å². The van der Waals surface area contributed by atoms with Gasteiger partial charge in [0.1, 0.15) is 11.5 Å². The molecule has 4 nitrogen and oxygen atoms in total. The van der Waals surface area contributed by atoms with E-state index in [-0.39, 0.29) is 0 Å². The number of nitrogens with one attached hydrogen (secondary N) is 1. The Balaban J connectivity index is 1.81. The van der Waals surface area contributed by atoms with Crippen LogP contribution in [0.4, 0.5) is 5.69 Å². The van der Waals surface area contributed by atoms with Gasteiger partial charge < -0.3 is 14.6 Å². The van der Waals surface area contributed by atoms with Gasteiger partial charge in [0.25, 0.3) is 0 Å². The zero-order valence-electron chi connectivity index (χ0n) is 14.7. The van der Waals surface area contributed by atoms with Crippen molar-refractivity contribution < 1.29 is 4.42 Å². The third-order valence-corrected chi connectivity index (χ3v) is 4.58. The summed E-state index contributed by atoms with van der Waals surface area (Å²) in [5.41, 5.74) is 2.97. The minimum absolute atomic E-state index is 0.554. The molecule has 26 heavy (non-hydrogen) atoms. The molecule has 0 fully saturated rings. The maximum Gasteiger partial charge on any atom is 0.174 e. The molecule has 0 unspecified atom stereocenters. The average molecular weight is 386 g/mol. The SMILES string of the molecule is Cc1ccc(Cl)c(NC(=S)N(Cc2cccnc2)Cc2ccc(C)o2)c1. The summed E-state index contributed by atoms with van der Waals surface area (Å²) in [6.45, 7) is 5.11. The first kappa shape index (κ1) is 18.4. The molecule has 3 rings (SSSR count). The largest absolute Gasteiger partial charge is 0.464 e. The highest BCUT2D eigenvalue weighted by molar-refractivity contribution is 7.80. The molecule has 1 aromatic carbocycles. The fourth-order valence-corrected chi connectivity index (χ4v) is 3.00. The van der Waals surface area contributed by atoms with E-state index >= 15 is 0 Å². The number of hydrogen-bond acceptors (Lipinski definition) is 3. The van der Waals surface area contributed by atoms with E-state index < -0.39 is 0 Å². The predicted molar refractivity (Wildman–Crippen MR) is 109 cm³/mol. The van der Waals surface area contributed by atoms with Gasteiger partial charge in [-0.05, 0) is 67.5 Å². The summed E-state index contributed by atoms with van der Waals surface area (Å²) in [7, 11) is 0. The molecule has 3 aromatic rings. The molecule has 0 aliphatic rings. The van der Waals surface area contributed by atoms with Crippen LogP contribution in [0.5, 0.6) is 0 Å². The van der Waals surface area contributed by atoms with Gasteiger partial charge in [0.15, 0.2) is 5.11 Å². The second kappa shape index (κ2) is 8.34. The highest BCUT2D eigenvalue weighted by Gasteiger charge is 2.15. The zero-order chi connectivity index (χ0) is 18.5. The molecule has 0 amide bonds. The maximum atomic E-state index is 6.30. The lowest BCUT2D eigenvalue weighted by Gasteiger charge is -2.25. The van der Waals surface area contributed by atoms with Gasteiger partial charge in [-0.25, -0.2) is 0 Å². The van der Waals surface area contributed by atoms with Crippen LogP contribution in [-0.2, 0) is 13.1 Å². The van der Waals surface area contributed by atoms with Gasteiger partial charge in [-0.15, -0.1) is 0 Å². The van der Waals surface area contributed by atoms with Crippen LogP contribution in [0.25, 0.3) is 0 Å². The summed E-state index contributed by atoms with van der Waals surface area (Å²) >= 11 is 12.0. The fraction of sp³-hybridized carbons (Fsp3) is 0.200. The zero-order valence-corrected chi connectivity index (χ0v) is 16.3. The molecule has 6 heteroatoms. The van der Waals surface area contributed by atoms with Gasteiger partial charge in [0.05, 0.1) is 17.3 Å². The Hall–Kier alpha value is -2.37. The lowest BCUT2D eigenvalue weighted by atomic mass is 10.2. The topological polar surface area (TPSA) is 41.3 Å².